The van der Waals surface area contributed by atoms with E-state index in [1.54, 1.807) is 25.1 Å². The molecule has 0 fully saturated rings. The first kappa shape index (κ1) is 14.0. The standard InChI is InChI=1S/C15H13F2NO2/c1-9-3-2-4-13(18)14(9)15(19)20-8-10-5-6-11(16)12(17)7-10/h2-7H,8,18H2,1H3. The summed E-state index contributed by atoms with van der Waals surface area (Å²) in [6, 6.07) is 8.40. The summed E-state index contributed by atoms with van der Waals surface area (Å²) in [6.45, 7) is 1.59. The number of halogens is 2. The monoisotopic (exact) mass is 277 g/mol. The molecule has 0 amide bonds. The van der Waals surface area contributed by atoms with Crippen molar-refractivity contribution in [2.45, 2.75) is 13.5 Å². The van der Waals surface area contributed by atoms with Crippen molar-refractivity contribution in [2.75, 3.05) is 5.73 Å². The minimum atomic E-state index is -0.978. The van der Waals surface area contributed by atoms with Gasteiger partial charge < -0.3 is 10.5 Å². The number of nitrogens with two attached hydrogens (primary N) is 1. The molecule has 2 aromatic carbocycles. The fraction of sp³-hybridized carbons (Fsp3) is 0.133. The SMILES string of the molecule is Cc1cccc(N)c1C(=O)OCc1ccc(F)c(F)c1. The number of carbonyl (C=O) groups excluding carboxylic acids is 1. The maximum atomic E-state index is 13.0. The van der Waals surface area contributed by atoms with Crippen LogP contribution in [0.25, 0.3) is 0 Å². The average Bonchev–Trinajstić information content (AvgIpc) is 2.40. The smallest absolute Gasteiger partial charge is 0.340 e. The van der Waals surface area contributed by atoms with Crippen molar-refractivity contribution in [3.8, 4) is 0 Å². The molecule has 0 spiro atoms. The van der Waals surface area contributed by atoms with E-state index in [0.29, 0.717) is 16.8 Å². The number of nitrogen functional groups attached to an aromatic ring is 1. The molecule has 3 nitrogen and oxygen atoms in total. The van der Waals surface area contributed by atoms with E-state index in [1.165, 1.54) is 6.07 Å². The van der Waals surface area contributed by atoms with Crippen LogP contribution in [0.15, 0.2) is 36.4 Å². The van der Waals surface area contributed by atoms with Crippen LogP contribution in [0.3, 0.4) is 0 Å². The van der Waals surface area contributed by atoms with Gasteiger partial charge in [-0.05, 0) is 36.2 Å². The maximum Gasteiger partial charge on any atom is 0.340 e. The zero-order valence-electron chi connectivity index (χ0n) is 10.8. The van der Waals surface area contributed by atoms with Crippen molar-refractivity contribution in [2.24, 2.45) is 0 Å². The highest BCUT2D eigenvalue weighted by Gasteiger charge is 2.14. The quantitative estimate of drug-likeness (QED) is 0.692. The van der Waals surface area contributed by atoms with Crippen LogP contribution in [0.2, 0.25) is 0 Å². The number of anilines is 1. The Morgan fingerprint density at radius 2 is 1.95 bits per heavy atom. The van der Waals surface area contributed by atoms with E-state index in [2.05, 4.69) is 0 Å². The predicted octanol–water partition coefficient (Wildman–Crippen LogP) is 3.21. The molecule has 0 aromatic heterocycles. The van der Waals surface area contributed by atoms with Crippen molar-refractivity contribution >= 4 is 11.7 Å². The van der Waals surface area contributed by atoms with Crippen molar-refractivity contribution < 1.29 is 18.3 Å². The van der Waals surface area contributed by atoms with Gasteiger partial charge in [0.2, 0.25) is 0 Å². The van der Waals surface area contributed by atoms with E-state index >= 15 is 0 Å². The lowest BCUT2D eigenvalue weighted by atomic mass is 10.1. The third-order valence-electron chi connectivity index (χ3n) is 2.86. The van der Waals surface area contributed by atoms with Crippen molar-refractivity contribution in [1.82, 2.24) is 0 Å². The van der Waals surface area contributed by atoms with E-state index in [0.717, 1.165) is 12.1 Å². The van der Waals surface area contributed by atoms with Crippen molar-refractivity contribution in [1.29, 1.82) is 0 Å². The number of hydrogen-bond acceptors (Lipinski definition) is 3. The van der Waals surface area contributed by atoms with Crippen molar-refractivity contribution in [3.05, 3.63) is 64.7 Å². The van der Waals surface area contributed by atoms with E-state index in [1.807, 2.05) is 0 Å². The molecule has 0 heterocycles. The van der Waals surface area contributed by atoms with E-state index < -0.39 is 17.6 Å². The molecule has 2 rings (SSSR count). The fourth-order valence-corrected chi connectivity index (χ4v) is 1.82. The Morgan fingerprint density at radius 1 is 1.20 bits per heavy atom. The van der Waals surface area contributed by atoms with Crippen LogP contribution < -0.4 is 5.73 Å². The highest BCUT2D eigenvalue weighted by Crippen LogP contribution is 2.18. The molecule has 20 heavy (non-hydrogen) atoms. The number of esters is 1. The molecule has 104 valence electrons. The van der Waals surface area contributed by atoms with Crippen LogP contribution in [0.4, 0.5) is 14.5 Å². The zero-order chi connectivity index (χ0) is 14.7. The molecule has 0 bridgehead atoms. The molecule has 0 aliphatic carbocycles. The lowest BCUT2D eigenvalue weighted by Gasteiger charge is -2.09. The first-order valence-corrected chi connectivity index (χ1v) is 5.95. The summed E-state index contributed by atoms with van der Waals surface area (Å²) in [5.41, 5.74) is 7.39. The van der Waals surface area contributed by atoms with Gasteiger partial charge in [-0.3, -0.25) is 0 Å². The van der Waals surface area contributed by atoms with E-state index in [-0.39, 0.29) is 12.2 Å². The molecule has 0 aliphatic heterocycles. The maximum absolute atomic E-state index is 13.0. The van der Waals surface area contributed by atoms with Gasteiger partial charge in [0.1, 0.15) is 6.61 Å². The second-order valence-corrected chi connectivity index (χ2v) is 4.36. The Balaban J connectivity index is 2.11. The minimum absolute atomic E-state index is 0.149. The molecule has 0 radical (unpaired) electrons. The molecule has 0 aliphatic rings. The number of aryl methyl sites for hydroxylation is 1. The largest absolute Gasteiger partial charge is 0.457 e. The molecule has 5 heteroatoms. The van der Waals surface area contributed by atoms with Crippen LogP contribution in [-0.4, -0.2) is 5.97 Å². The summed E-state index contributed by atoms with van der Waals surface area (Å²) < 4.78 is 30.9. The van der Waals surface area contributed by atoms with Crippen LogP contribution in [0, 0.1) is 18.6 Å². The van der Waals surface area contributed by atoms with Crippen LogP contribution in [-0.2, 0) is 11.3 Å². The van der Waals surface area contributed by atoms with Gasteiger partial charge in [-0.25, -0.2) is 13.6 Å². The Hall–Kier alpha value is -2.43. The Kier molecular flexibility index (Phi) is 3.98. The van der Waals surface area contributed by atoms with Gasteiger partial charge in [-0.2, -0.15) is 0 Å². The number of rotatable bonds is 3. The molecule has 0 saturated carbocycles. The summed E-state index contributed by atoms with van der Waals surface area (Å²) in [5, 5.41) is 0. The van der Waals surface area contributed by atoms with Gasteiger partial charge in [-0.15, -0.1) is 0 Å². The van der Waals surface area contributed by atoms with Crippen LogP contribution in [0.5, 0.6) is 0 Å². The summed E-state index contributed by atoms with van der Waals surface area (Å²) in [5.74, 6) is -2.51. The van der Waals surface area contributed by atoms with Crippen molar-refractivity contribution in [3.63, 3.8) is 0 Å². The lowest BCUT2D eigenvalue weighted by Crippen LogP contribution is -2.10. The zero-order valence-corrected chi connectivity index (χ0v) is 10.8. The highest BCUT2D eigenvalue weighted by molar-refractivity contribution is 5.96. The lowest BCUT2D eigenvalue weighted by molar-refractivity contribution is 0.0472. The minimum Gasteiger partial charge on any atom is -0.457 e. The normalized spacial score (nSPS) is 10.3. The molecule has 0 atom stereocenters. The van der Waals surface area contributed by atoms with Gasteiger partial charge in [0.15, 0.2) is 11.6 Å². The summed E-state index contributed by atoms with van der Waals surface area (Å²) in [4.78, 5) is 11.9. The number of hydrogen-bond donors (Lipinski definition) is 1. The average molecular weight is 277 g/mol. The molecule has 0 unspecified atom stereocenters. The predicted molar refractivity (Wildman–Crippen MR) is 71.1 cm³/mol. The molecular formula is C15H13F2NO2. The molecule has 0 saturated heterocycles. The second-order valence-electron chi connectivity index (χ2n) is 4.36. The van der Waals surface area contributed by atoms with E-state index in [9.17, 15) is 13.6 Å². The Bertz CT molecular complexity index is 636. The van der Waals surface area contributed by atoms with Gasteiger partial charge in [-0.1, -0.05) is 18.2 Å². The van der Waals surface area contributed by atoms with Gasteiger partial charge in [0, 0.05) is 5.69 Å². The molecule has 2 aromatic rings. The number of carbonyl (C=O) groups is 1. The summed E-state index contributed by atoms with van der Waals surface area (Å²) in [6.07, 6.45) is 0. The Labute approximate surface area is 115 Å². The number of benzene rings is 2. The molecular weight excluding hydrogens is 264 g/mol. The van der Waals surface area contributed by atoms with E-state index in [4.69, 9.17) is 10.5 Å². The third kappa shape index (κ3) is 2.93. The topological polar surface area (TPSA) is 52.3 Å². The molecule has 2 N–H and O–H groups in total. The first-order valence-electron chi connectivity index (χ1n) is 5.95. The van der Waals surface area contributed by atoms with Gasteiger partial charge in [0.05, 0.1) is 5.56 Å². The highest BCUT2D eigenvalue weighted by atomic mass is 19.2. The fourth-order valence-electron chi connectivity index (χ4n) is 1.82. The Morgan fingerprint density at radius 3 is 2.60 bits per heavy atom. The van der Waals surface area contributed by atoms with Crippen LogP contribution >= 0.6 is 0 Å². The number of ether oxygens (including phenoxy) is 1. The summed E-state index contributed by atoms with van der Waals surface area (Å²) in [7, 11) is 0. The first-order chi connectivity index (χ1) is 9.49. The summed E-state index contributed by atoms with van der Waals surface area (Å²) >= 11 is 0. The van der Waals surface area contributed by atoms with Gasteiger partial charge in [0.25, 0.3) is 0 Å². The third-order valence-corrected chi connectivity index (χ3v) is 2.86. The van der Waals surface area contributed by atoms with Crippen LogP contribution in [0.1, 0.15) is 21.5 Å². The van der Waals surface area contributed by atoms with Gasteiger partial charge >= 0.3 is 5.97 Å². The second kappa shape index (κ2) is 5.69.